The number of aromatic nitrogens is 1. The second kappa shape index (κ2) is 8.99. The van der Waals surface area contributed by atoms with Crippen LogP contribution in [-0.4, -0.2) is 53.3 Å². The molecule has 3 heterocycles. The van der Waals surface area contributed by atoms with Crippen molar-refractivity contribution >= 4 is 34.9 Å². The average molecular weight is 495 g/mol. The van der Waals surface area contributed by atoms with Gasteiger partial charge in [0.05, 0.1) is 28.9 Å². The van der Waals surface area contributed by atoms with E-state index in [4.69, 9.17) is 0 Å². The number of fused-ring (bicyclic) bond motifs is 3. The van der Waals surface area contributed by atoms with Crippen LogP contribution in [0, 0.1) is 0 Å². The zero-order valence-electron chi connectivity index (χ0n) is 18.7. The summed E-state index contributed by atoms with van der Waals surface area (Å²) in [6.45, 7) is 0.188. The first-order valence-electron chi connectivity index (χ1n) is 11.1. The molecule has 1 fully saturated rings. The number of nitrogens with one attached hydrogen (secondary N) is 2. The Balaban J connectivity index is 1.35. The van der Waals surface area contributed by atoms with Crippen molar-refractivity contribution in [3.8, 4) is 0 Å². The van der Waals surface area contributed by atoms with Gasteiger partial charge in [-0.1, -0.05) is 30.3 Å². The minimum Gasteiger partial charge on any atom is -0.339 e. The third-order valence-corrected chi connectivity index (χ3v) is 6.12. The fraction of sp³-hybridized carbons (Fsp3) is 0.200. The average Bonchev–Trinajstić information content (AvgIpc) is 2.88. The van der Waals surface area contributed by atoms with Gasteiger partial charge in [-0.15, -0.1) is 0 Å². The highest BCUT2D eigenvalue weighted by Crippen LogP contribution is 2.35. The van der Waals surface area contributed by atoms with E-state index in [2.05, 4.69) is 15.6 Å². The summed E-state index contributed by atoms with van der Waals surface area (Å²) < 4.78 is 40.2. The normalized spacial score (nSPS) is 17.1. The van der Waals surface area contributed by atoms with Gasteiger partial charge in [0.15, 0.2) is 5.82 Å². The lowest BCUT2D eigenvalue weighted by molar-refractivity contribution is -0.138. The molecule has 0 bridgehead atoms. The highest BCUT2D eigenvalue weighted by molar-refractivity contribution is 6.08. The number of nitrogens with zero attached hydrogens (tertiary/aromatic N) is 3. The maximum Gasteiger partial charge on any atom is 0.417 e. The van der Waals surface area contributed by atoms with Crippen LogP contribution in [0.3, 0.4) is 0 Å². The summed E-state index contributed by atoms with van der Waals surface area (Å²) in [6.07, 6.45) is -3.29. The quantitative estimate of drug-likeness (QED) is 0.579. The Kier molecular flexibility index (Phi) is 5.83. The van der Waals surface area contributed by atoms with Crippen molar-refractivity contribution in [2.45, 2.75) is 12.2 Å². The van der Waals surface area contributed by atoms with Gasteiger partial charge < -0.3 is 20.4 Å². The number of amides is 3. The van der Waals surface area contributed by atoms with E-state index in [0.717, 1.165) is 12.1 Å². The first-order chi connectivity index (χ1) is 17.2. The molecular weight excluding hydrogens is 475 g/mol. The third-order valence-electron chi connectivity index (χ3n) is 6.12. The molecular formula is C25H20F3N5O3. The molecule has 3 amide bonds. The molecule has 3 aromatic rings. The number of piperazine rings is 1. The summed E-state index contributed by atoms with van der Waals surface area (Å²) in [6, 6.07) is 14.2. The van der Waals surface area contributed by atoms with Gasteiger partial charge in [0.1, 0.15) is 6.04 Å². The zero-order chi connectivity index (χ0) is 25.4. The molecule has 1 unspecified atom stereocenters. The first kappa shape index (κ1) is 23.3. The van der Waals surface area contributed by atoms with E-state index in [9.17, 15) is 27.6 Å². The molecule has 11 heteroatoms. The van der Waals surface area contributed by atoms with Crippen molar-refractivity contribution < 1.29 is 27.6 Å². The molecule has 8 nitrogen and oxygen atoms in total. The molecule has 2 aliphatic heterocycles. The molecule has 2 N–H and O–H groups in total. The van der Waals surface area contributed by atoms with Crippen LogP contribution in [-0.2, 0) is 11.0 Å². The molecule has 0 radical (unpaired) electrons. The Morgan fingerprint density at radius 3 is 2.50 bits per heavy atom. The van der Waals surface area contributed by atoms with Gasteiger partial charge in [0.2, 0.25) is 5.91 Å². The van der Waals surface area contributed by atoms with Gasteiger partial charge in [-0.05, 0) is 30.3 Å². The van der Waals surface area contributed by atoms with E-state index in [1.807, 2.05) is 6.07 Å². The van der Waals surface area contributed by atoms with Crippen LogP contribution in [0.25, 0.3) is 0 Å². The van der Waals surface area contributed by atoms with Gasteiger partial charge in [0, 0.05) is 25.0 Å². The van der Waals surface area contributed by atoms with E-state index >= 15 is 0 Å². The van der Waals surface area contributed by atoms with Crippen molar-refractivity contribution in [2.75, 3.05) is 35.2 Å². The zero-order valence-corrected chi connectivity index (χ0v) is 18.7. The number of rotatable bonds is 3. The van der Waals surface area contributed by atoms with Crippen LogP contribution in [0.4, 0.5) is 30.4 Å². The Hall–Kier alpha value is -4.41. The first-order valence-corrected chi connectivity index (χ1v) is 11.1. The molecule has 0 aliphatic carbocycles. The fourth-order valence-electron chi connectivity index (χ4n) is 4.38. The number of carbonyl (C=O) groups is 3. The fourth-order valence-corrected chi connectivity index (χ4v) is 4.38. The van der Waals surface area contributed by atoms with E-state index in [1.54, 1.807) is 29.2 Å². The topological polar surface area (TPSA) is 94.6 Å². The number of pyridine rings is 1. The second-order valence-corrected chi connectivity index (χ2v) is 8.41. The minimum absolute atomic E-state index is 0.103. The summed E-state index contributed by atoms with van der Waals surface area (Å²) in [7, 11) is 0. The van der Waals surface area contributed by atoms with Gasteiger partial charge in [-0.2, -0.15) is 13.2 Å². The number of alkyl halides is 3. The van der Waals surface area contributed by atoms with Crippen molar-refractivity contribution in [3.05, 3.63) is 83.6 Å². The van der Waals surface area contributed by atoms with Crippen LogP contribution >= 0.6 is 0 Å². The van der Waals surface area contributed by atoms with Gasteiger partial charge in [-0.25, -0.2) is 4.98 Å². The Labute approximate surface area is 203 Å². The van der Waals surface area contributed by atoms with E-state index in [-0.39, 0.29) is 25.2 Å². The molecule has 2 aromatic carbocycles. The molecule has 0 spiro atoms. The van der Waals surface area contributed by atoms with Crippen molar-refractivity contribution in [1.82, 2.24) is 9.88 Å². The molecule has 5 rings (SSSR count). The number of benzene rings is 2. The number of hydrogen-bond acceptors (Lipinski definition) is 5. The predicted octanol–water partition coefficient (Wildman–Crippen LogP) is 3.64. The molecule has 184 valence electrons. The van der Waals surface area contributed by atoms with Crippen LogP contribution in [0.5, 0.6) is 0 Å². The van der Waals surface area contributed by atoms with Crippen molar-refractivity contribution in [2.24, 2.45) is 0 Å². The van der Waals surface area contributed by atoms with E-state index in [0.29, 0.717) is 17.2 Å². The van der Waals surface area contributed by atoms with Gasteiger partial charge in [0.25, 0.3) is 11.8 Å². The maximum absolute atomic E-state index is 13.4. The van der Waals surface area contributed by atoms with E-state index in [1.165, 1.54) is 29.3 Å². The highest BCUT2D eigenvalue weighted by Gasteiger charge is 2.42. The highest BCUT2D eigenvalue weighted by atomic mass is 19.4. The third kappa shape index (κ3) is 4.35. The SMILES string of the molecule is O=C(Nc1ccccc1)c1cnc2c(c1)NC(=O)C1CN(C(=O)c3ccccc3C(F)(F)F)CCN21. The van der Waals surface area contributed by atoms with Crippen LogP contribution in [0.2, 0.25) is 0 Å². The number of carbonyl (C=O) groups excluding carboxylic acids is 3. The number of anilines is 3. The predicted molar refractivity (Wildman–Crippen MR) is 126 cm³/mol. The summed E-state index contributed by atoms with van der Waals surface area (Å²) in [5.41, 5.74) is -0.272. The molecule has 0 saturated carbocycles. The standard InChI is InChI=1S/C25H20F3N5O3/c26-25(27,28)18-9-5-4-8-17(18)24(36)32-10-11-33-20(14-32)23(35)31-19-12-15(13-29-21(19)33)22(34)30-16-6-2-1-3-7-16/h1-9,12-13,20H,10-11,14H2,(H,30,34)(H,31,35). The number of halogens is 3. The smallest absolute Gasteiger partial charge is 0.339 e. The lowest BCUT2D eigenvalue weighted by atomic mass is 10.0. The number of hydrogen-bond donors (Lipinski definition) is 2. The van der Waals surface area contributed by atoms with Gasteiger partial charge in [-0.3, -0.25) is 14.4 Å². The summed E-state index contributed by atoms with van der Waals surface area (Å²) in [5.74, 6) is -1.20. The molecule has 1 aromatic heterocycles. The Morgan fingerprint density at radius 2 is 1.75 bits per heavy atom. The molecule has 36 heavy (non-hydrogen) atoms. The van der Waals surface area contributed by atoms with E-state index < -0.39 is 41.1 Å². The summed E-state index contributed by atoms with van der Waals surface area (Å²) in [4.78, 5) is 45.8. The van der Waals surface area contributed by atoms with Crippen molar-refractivity contribution in [1.29, 1.82) is 0 Å². The minimum atomic E-state index is -4.68. The van der Waals surface area contributed by atoms with Crippen molar-refractivity contribution in [3.63, 3.8) is 0 Å². The molecule has 2 aliphatic rings. The Bertz CT molecular complexity index is 1350. The maximum atomic E-state index is 13.4. The van der Waals surface area contributed by atoms with Crippen LogP contribution in [0.1, 0.15) is 26.3 Å². The number of para-hydroxylation sites is 1. The van der Waals surface area contributed by atoms with Crippen LogP contribution in [0.15, 0.2) is 66.9 Å². The molecule has 1 atom stereocenters. The monoisotopic (exact) mass is 495 g/mol. The molecule has 1 saturated heterocycles. The lowest BCUT2D eigenvalue weighted by Crippen LogP contribution is -2.61. The lowest BCUT2D eigenvalue weighted by Gasteiger charge is -2.44. The summed E-state index contributed by atoms with van der Waals surface area (Å²) >= 11 is 0. The second-order valence-electron chi connectivity index (χ2n) is 8.41. The Morgan fingerprint density at radius 1 is 1.03 bits per heavy atom. The van der Waals surface area contributed by atoms with Gasteiger partial charge >= 0.3 is 6.18 Å². The summed E-state index contributed by atoms with van der Waals surface area (Å²) in [5, 5.41) is 5.46. The van der Waals surface area contributed by atoms with Crippen LogP contribution < -0.4 is 15.5 Å². The largest absolute Gasteiger partial charge is 0.417 e.